The number of carbonyl (C=O) groups excluding carboxylic acids is 1. The van der Waals surface area contributed by atoms with Crippen LogP contribution in [0.25, 0.3) is 66.1 Å². The van der Waals surface area contributed by atoms with Crippen molar-refractivity contribution in [2.24, 2.45) is 0 Å². The Bertz CT molecular complexity index is 1900. The maximum absolute atomic E-state index is 12.3. The van der Waals surface area contributed by atoms with E-state index in [-0.39, 0.29) is 0 Å². The van der Waals surface area contributed by atoms with Gasteiger partial charge in [0.2, 0.25) is 0 Å². The number of pyridine rings is 2. The summed E-state index contributed by atoms with van der Waals surface area (Å²) in [6, 6.07) is 39.8. The van der Waals surface area contributed by atoms with E-state index in [1.807, 2.05) is 36.7 Å². The van der Waals surface area contributed by atoms with Gasteiger partial charge in [0.25, 0.3) is 0 Å². The van der Waals surface area contributed by atoms with Gasteiger partial charge in [-0.05, 0) is 110 Å². The topological polar surface area (TPSA) is 42.9 Å². The summed E-state index contributed by atoms with van der Waals surface area (Å²) >= 11 is 0. The lowest BCUT2D eigenvalue weighted by atomic mass is 9.88. The fourth-order valence-corrected chi connectivity index (χ4v) is 5.55. The Labute approximate surface area is 232 Å². The molecule has 7 rings (SSSR count). The van der Waals surface area contributed by atoms with Crippen LogP contribution in [0.4, 0.5) is 0 Å². The zero-order chi connectivity index (χ0) is 26.9. The van der Waals surface area contributed by atoms with E-state index in [1.165, 1.54) is 10.8 Å². The number of aldehydes is 1. The van der Waals surface area contributed by atoms with Crippen LogP contribution in [-0.4, -0.2) is 16.3 Å². The smallest absolute Gasteiger partial charge is 0.150 e. The number of nitrogens with zero attached hydrogens (tertiary/aromatic N) is 2. The molecule has 5 aromatic carbocycles. The molecule has 3 heteroatoms. The molecule has 40 heavy (non-hydrogen) atoms. The molecule has 0 aliphatic rings. The molecule has 2 aromatic heterocycles. The van der Waals surface area contributed by atoms with Gasteiger partial charge in [-0.3, -0.25) is 14.8 Å². The van der Waals surface area contributed by atoms with E-state index in [2.05, 4.69) is 101 Å². The molecule has 0 atom stereocenters. The molecule has 0 saturated heterocycles. The van der Waals surface area contributed by atoms with E-state index in [9.17, 15) is 4.79 Å². The zero-order valence-electron chi connectivity index (χ0n) is 21.7. The maximum atomic E-state index is 12.3. The molecule has 0 aliphatic carbocycles. The molecular weight excluding hydrogens is 488 g/mol. The lowest BCUT2D eigenvalue weighted by Gasteiger charge is -2.15. The van der Waals surface area contributed by atoms with Crippen molar-refractivity contribution in [1.29, 1.82) is 0 Å². The van der Waals surface area contributed by atoms with Gasteiger partial charge in [-0.1, -0.05) is 60.7 Å². The van der Waals surface area contributed by atoms with Crippen LogP contribution >= 0.6 is 0 Å². The van der Waals surface area contributed by atoms with Crippen molar-refractivity contribution in [1.82, 2.24) is 9.97 Å². The molecule has 188 valence electrons. The Hall–Kier alpha value is -5.41. The number of hydrogen-bond donors (Lipinski definition) is 0. The summed E-state index contributed by atoms with van der Waals surface area (Å²) in [6.45, 7) is 0. The van der Waals surface area contributed by atoms with Crippen LogP contribution < -0.4 is 0 Å². The summed E-state index contributed by atoms with van der Waals surface area (Å²) in [6.07, 6.45) is 8.25. The maximum Gasteiger partial charge on any atom is 0.150 e. The normalized spacial score (nSPS) is 11.1. The Kier molecular flexibility index (Phi) is 5.95. The van der Waals surface area contributed by atoms with E-state index < -0.39 is 0 Å². The molecule has 0 fully saturated rings. The monoisotopic (exact) mass is 512 g/mol. The second-order valence-corrected chi connectivity index (χ2v) is 9.94. The average molecular weight is 513 g/mol. The molecule has 0 amide bonds. The average Bonchev–Trinajstić information content (AvgIpc) is 3.04. The molecule has 0 N–H and O–H groups in total. The molecule has 2 heterocycles. The Morgan fingerprint density at radius 1 is 0.450 bits per heavy atom. The highest BCUT2D eigenvalue weighted by molar-refractivity contribution is 6.13. The van der Waals surface area contributed by atoms with Crippen molar-refractivity contribution in [3.8, 4) is 44.5 Å². The minimum Gasteiger partial charge on any atom is -0.298 e. The van der Waals surface area contributed by atoms with Crippen LogP contribution in [0, 0.1) is 0 Å². The number of carbonyl (C=O) groups is 1. The highest BCUT2D eigenvalue weighted by Crippen LogP contribution is 2.39. The SMILES string of the molecule is O=Cc1cc(-c2cc(-c3cccnc3)cc(-c3cccnc3)c2)cc(-c2c3ccccc3cc3ccccc23)c1. The molecule has 0 aliphatic heterocycles. The Morgan fingerprint density at radius 3 is 1.45 bits per heavy atom. The van der Waals surface area contributed by atoms with Crippen LogP contribution in [0.1, 0.15) is 10.4 Å². The van der Waals surface area contributed by atoms with E-state index in [1.54, 1.807) is 12.4 Å². The lowest BCUT2D eigenvalue weighted by Crippen LogP contribution is -1.91. The van der Waals surface area contributed by atoms with E-state index in [0.717, 1.165) is 61.6 Å². The van der Waals surface area contributed by atoms with Gasteiger partial charge in [-0.25, -0.2) is 0 Å². The molecule has 0 saturated carbocycles. The first-order chi connectivity index (χ1) is 19.8. The Balaban J connectivity index is 1.50. The molecule has 0 spiro atoms. The van der Waals surface area contributed by atoms with E-state index in [0.29, 0.717) is 5.56 Å². The van der Waals surface area contributed by atoms with Crippen molar-refractivity contribution in [3.05, 3.63) is 146 Å². The molecule has 0 radical (unpaired) electrons. The fraction of sp³-hybridized carbons (Fsp3) is 0. The van der Waals surface area contributed by atoms with Gasteiger partial charge in [0.1, 0.15) is 6.29 Å². The van der Waals surface area contributed by atoms with E-state index in [4.69, 9.17) is 0 Å². The number of aromatic nitrogens is 2. The van der Waals surface area contributed by atoms with Gasteiger partial charge < -0.3 is 0 Å². The van der Waals surface area contributed by atoms with Gasteiger partial charge in [0, 0.05) is 41.5 Å². The minimum absolute atomic E-state index is 0.638. The first-order valence-electron chi connectivity index (χ1n) is 13.2. The highest BCUT2D eigenvalue weighted by atomic mass is 16.1. The van der Waals surface area contributed by atoms with Crippen LogP contribution in [0.5, 0.6) is 0 Å². The predicted octanol–water partition coefficient (Wildman–Crippen LogP) is 9.26. The summed E-state index contributed by atoms with van der Waals surface area (Å²) < 4.78 is 0. The first kappa shape index (κ1) is 23.7. The second kappa shape index (κ2) is 10.0. The zero-order valence-corrected chi connectivity index (χ0v) is 21.7. The van der Waals surface area contributed by atoms with Gasteiger partial charge in [-0.15, -0.1) is 0 Å². The van der Waals surface area contributed by atoms with Gasteiger partial charge in [-0.2, -0.15) is 0 Å². The molecular formula is C37H24N2O. The summed E-state index contributed by atoms with van der Waals surface area (Å²) in [7, 11) is 0. The van der Waals surface area contributed by atoms with Crippen molar-refractivity contribution in [2.75, 3.05) is 0 Å². The number of benzene rings is 5. The molecule has 0 unspecified atom stereocenters. The predicted molar refractivity (Wildman–Crippen MR) is 164 cm³/mol. The molecule has 7 aromatic rings. The standard InChI is InChI=1S/C37H24N2O/c40-24-25-15-30(21-34(16-25)37-35-11-3-1-7-26(35)17-27-8-2-4-12-36(27)37)33-19-31(28-9-5-13-38-22-28)18-32(20-33)29-10-6-14-39-23-29/h1-24H. The number of fused-ring (bicyclic) bond motifs is 2. The minimum atomic E-state index is 0.638. The molecule has 0 bridgehead atoms. The summed E-state index contributed by atoms with van der Waals surface area (Å²) in [5.41, 5.74) is 8.96. The third-order valence-electron chi connectivity index (χ3n) is 7.41. The van der Waals surface area contributed by atoms with Crippen molar-refractivity contribution in [3.63, 3.8) is 0 Å². The van der Waals surface area contributed by atoms with Gasteiger partial charge >= 0.3 is 0 Å². The van der Waals surface area contributed by atoms with E-state index >= 15 is 0 Å². The number of rotatable bonds is 5. The van der Waals surface area contributed by atoms with Crippen LogP contribution in [0.15, 0.2) is 140 Å². The largest absolute Gasteiger partial charge is 0.298 e. The van der Waals surface area contributed by atoms with Crippen molar-refractivity contribution in [2.45, 2.75) is 0 Å². The number of hydrogen-bond acceptors (Lipinski definition) is 3. The summed E-state index contributed by atoms with van der Waals surface area (Å²) in [5.74, 6) is 0. The first-order valence-corrected chi connectivity index (χ1v) is 13.2. The lowest BCUT2D eigenvalue weighted by molar-refractivity contribution is 0.112. The van der Waals surface area contributed by atoms with Crippen LogP contribution in [-0.2, 0) is 0 Å². The van der Waals surface area contributed by atoms with Crippen LogP contribution in [0.3, 0.4) is 0 Å². The Morgan fingerprint density at radius 2 is 0.925 bits per heavy atom. The van der Waals surface area contributed by atoms with Gasteiger partial charge in [0.05, 0.1) is 0 Å². The third-order valence-corrected chi connectivity index (χ3v) is 7.41. The second-order valence-electron chi connectivity index (χ2n) is 9.94. The van der Waals surface area contributed by atoms with Crippen molar-refractivity contribution < 1.29 is 4.79 Å². The van der Waals surface area contributed by atoms with Gasteiger partial charge in [0.15, 0.2) is 0 Å². The quantitative estimate of drug-likeness (QED) is 0.170. The van der Waals surface area contributed by atoms with Crippen LogP contribution in [0.2, 0.25) is 0 Å². The summed E-state index contributed by atoms with van der Waals surface area (Å²) in [5, 5.41) is 4.67. The highest BCUT2D eigenvalue weighted by Gasteiger charge is 2.14. The fourth-order valence-electron chi connectivity index (χ4n) is 5.55. The molecule has 3 nitrogen and oxygen atoms in total. The third kappa shape index (κ3) is 4.34. The van der Waals surface area contributed by atoms with Crippen molar-refractivity contribution >= 4 is 27.8 Å². The summed E-state index contributed by atoms with van der Waals surface area (Å²) in [4.78, 5) is 21.0.